The van der Waals surface area contributed by atoms with Gasteiger partial charge in [-0.3, -0.25) is 19.4 Å². The molecule has 12 nitrogen and oxygen atoms in total. The third kappa shape index (κ3) is 7.04. The van der Waals surface area contributed by atoms with E-state index >= 15 is 0 Å². The SMILES string of the molecule is CN(CCSSc1ccccn1)C(=O)Oc1cc2c(c3ccccc13)[C@H](CCl)CN2C(=O)C12CC(C(=O)N3C[C@@H](CCl)c4c3cc(OP(=O)(O)O)c3ccccc43)(C1)C2. The number of benzene rings is 4. The van der Waals surface area contributed by atoms with Crippen molar-refractivity contribution in [1.82, 2.24) is 9.88 Å². The predicted molar refractivity (Wildman–Crippen MR) is 232 cm³/mol. The number of pyridine rings is 1. The largest absolute Gasteiger partial charge is 0.524 e. The number of aromatic nitrogens is 1. The van der Waals surface area contributed by atoms with Crippen molar-refractivity contribution < 1.29 is 38.0 Å². The number of rotatable bonds is 12. The van der Waals surface area contributed by atoms with Gasteiger partial charge in [0.25, 0.3) is 0 Å². The number of carbonyl (C=O) groups is 3. The summed E-state index contributed by atoms with van der Waals surface area (Å²) in [5.74, 6) is 0.901. The number of carbonyl (C=O) groups excluding carboxylic acids is 3. The highest BCUT2D eigenvalue weighted by molar-refractivity contribution is 8.76. The molecule has 3 heterocycles. The molecule has 306 valence electrons. The van der Waals surface area contributed by atoms with Crippen molar-refractivity contribution >= 4 is 103 Å². The van der Waals surface area contributed by atoms with E-state index in [1.165, 1.54) is 11.0 Å². The molecule has 5 aromatic rings. The standard InChI is InChI=1S/C42H39Cl2N4O8PS2/c1-46(14-15-58-59-35-12-6-7-13-45-35)40(51)55-33-16-31-36(29-10-4-2-8-27(29)33)25(18-43)20-47(31)38(49)41-22-42(23-41,24-41)39(50)48-21-26(19-44)37-30-11-5-3-9-28(30)34(17-32(37)48)56-57(52,53)54/h2-13,16-17,25-26H,14-15,18-24H2,1H3,(H2,52,53,54)/t25-,26-,41?,42?/m1/s1. The van der Waals surface area contributed by atoms with E-state index in [9.17, 15) is 28.7 Å². The molecule has 1 aromatic heterocycles. The second-order valence-corrected chi connectivity index (χ2v) is 20.0. The van der Waals surface area contributed by atoms with Gasteiger partial charge in [-0.1, -0.05) is 65.4 Å². The first kappa shape index (κ1) is 40.4. The van der Waals surface area contributed by atoms with E-state index in [0.29, 0.717) is 72.5 Å². The number of nitrogens with zero attached hydrogens (tertiary/aromatic N) is 4. The van der Waals surface area contributed by atoms with E-state index in [1.54, 1.807) is 62.8 Å². The Morgan fingerprint density at radius 3 is 1.83 bits per heavy atom. The fourth-order valence-electron chi connectivity index (χ4n) is 9.50. The van der Waals surface area contributed by atoms with Crippen LogP contribution in [0.3, 0.4) is 0 Å². The number of anilines is 2. The number of phosphoric ester groups is 1. The van der Waals surface area contributed by atoms with E-state index in [2.05, 4.69) is 4.98 Å². The van der Waals surface area contributed by atoms with Gasteiger partial charge >= 0.3 is 13.9 Å². The first-order valence-electron chi connectivity index (χ1n) is 19.1. The lowest BCUT2D eigenvalue weighted by Crippen LogP contribution is -2.73. The van der Waals surface area contributed by atoms with Gasteiger partial charge < -0.3 is 24.0 Å². The van der Waals surface area contributed by atoms with Gasteiger partial charge in [0.05, 0.1) is 22.2 Å². The Labute approximate surface area is 358 Å². The minimum Gasteiger partial charge on any atom is -0.409 e. The van der Waals surface area contributed by atoms with Crippen LogP contribution in [-0.2, 0) is 14.2 Å². The minimum absolute atomic E-state index is 0.0228. The van der Waals surface area contributed by atoms with Gasteiger partial charge in [0, 0.05) is 85.1 Å². The van der Waals surface area contributed by atoms with Gasteiger partial charge in [-0.25, -0.2) is 14.3 Å². The summed E-state index contributed by atoms with van der Waals surface area (Å²) >= 11 is 13.1. The Hall–Kier alpha value is -4.01. The summed E-state index contributed by atoms with van der Waals surface area (Å²) in [6.45, 7) is 1.11. The van der Waals surface area contributed by atoms with Crippen LogP contribution in [-0.4, -0.2) is 81.8 Å². The second kappa shape index (κ2) is 15.5. The average molecular weight is 894 g/mol. The summed E-state index contributed by atoms with van der Waals surface area (Å²) < 4.78 is 23.1. The third-order valence-electron chi connectivity index (χ3n) is 12.1. The van der Waals surface area contributed by atoms with Crippen LogP contribution in [0.5, 0.6) is 11.5 Å². The molecule has 3 aliphatic carbocycles. The van der Waals surface area contributed by atoms with Crippen LogP contribution in [0.25, 0.3) is 21.5 Å². The van der Waals surface area contributed by atoms with Crippen LogP contribution in [0.1, 0.15) is 42.2 Å². The highest BCUT2D eigenvalue weighted by atomic mass is 35.5. The first-order chi connectivity index (χ1) is 28.3. The number of phosphoric acid groups is 1. The zero-order chi connectivity index (χ0) is 41.3. The molecule has 4 aromatic carbocycles. The predicted octanol–water partition coefficient (Wildman–Crippen LogP) is 8.94. The van der Waals surface area contributed by atoms with Crippen molar-refractivity contribution in [3.8, 4) is 11.5 Å². The second-order valence-electron chi connectivity index (χ2n) is 15.8. The number of halogens is 2. The lowest BCUT2D eigenvalue weighted by molar-refractivity contribution is -0.204. The Balaban J connectivity index is 0.940. The molecular formula is C42H39Cl2N4O8PS2. The summed E-state index contributed by atoms with van der Waals surface area (Å²) in [5, 5.41) is 3.72. The van der Waals surface area contributed by atoms with Gasteiger partial charge in [0.15, 0.2) is 0 Å². The lowest BCUT2D eigenvalue weighted by Gasteiger charge is -2.69. The van der Waals surface area contributed by atoms with Gasteiger partial charge in [-0.15, -0.1) is 23.2 Å². The fraction of sp³-hybridized carbons (Fsp3) is 0.333. The van der Waals surface area contributed by atoms with E-state index in [4.69, 9.17) is 32.5 Å². The topological polar surface area (TPSA) is 150 Å². The number of fused-ring (bicyclic) bond motifs is 6. The van der Waals surface area contributed by atoms with E-state index in [-0.39, 0.29) is 41.2 Å². The van der Waals surface area contributed by atoms with Crippen LogP contribution in [0.4, 0.5) is 16.2 Å². The lowest BCUT2D eigenvalue weighted by atomic mass is 9.34. The molecule has 5 aliphatic rings. The molecule has 0 radical (unpaired) electrons. The van der Waals surface area contributed by atoms with Crippen molar-refractivity contribution in [3.63, 3.8) is 0 Å². The number of alkyl halides is 2. The molecular weight excluding hydrogens is 854 g/mol. The minimum atomic E-state index is -4.92. The van der Waals surface area contributed by atoms with Crippen molar-refractivity contribution in [2.75, 3.05) is 54.0 Å². The Kier molecular flexibility index (Phi) is 10.6. The third-order valence-corrected chi connectivity index (χ3v) is 15.5. The van der Waals surface area contributed by atoms with Gasteiger partial charge in [-0.2, -0.15) is 0 Å². The maximum atomic E-state index is 14.7. The van der Waals surface area contributed by atoms with Crippen LogP contribution >= 0.6 is 52.6 Å². The highest BCUT2D eigenvalue weighted by Gasteiger charge is 2.76. The zero-order valence-corrected chi connectivity index (χ0v) is 35.8. The highest BCUT2D eigenvalue weighted by Crippen LogP contribution is 2.75. The van der Waals surface area contributed by atoms with Crippen LogP contribution < -0.4 is 19.1 Å². The maximum Gasteiger partial charge on any atom is 0.524 e. The molecule has 3 amide bonds. The molecule has 10 rings (SSSR count). The van der Waals surface area contributed by atoms with Crippen LogP contribution in [0.2, 0.25) is 0 Å². The molecule has 0 saturated heterocycles. The normalized spacial score (nSPS) is 22.7. The maximum absolute atomic E-state index is 14.7. The van der Waals surface area contributed by atoms with E-state index in [1.807, 2.05) is 54.6 Å². The number of ether oxygens (including phenoxy) is 1. The summed E-state index contributed by atoms with van der Waals surface area (Å²) in [4.78, 5) is 71.3. The van der Waals surface area contributed by atoms with Gasteiger partial charge in [-0.05, 0) is 64.1 Å². The van der Waals surface area contributed by atoms with Crippen molar-refractivity contribution in [2.24, 2.45) is 10.8 Å². The Morgan fingerprint density at radius 2 is 1.32 bits per heavy atom. The molecule has 2 bridgehead atoms. The first-order valence-corrected chi connectivity index (χ1v) is 24.0. The number of hydrogen-bond acceptors (Lipinski definition) is 9. The number of hydrogen-bond donors (Lipinski definition) is 2. The molecule has 59 heavy (non-hydrogen) atoms. The molecule has 0 spiro atoms. The number of amides is 3. The zero-order valence-electron chi connectivity index (χ0n) is 31.8. The van der Waals surface area contributed by atoms with Crippen molar-refractivity contribution in [2.45, 2.75) is 36.1 Å². The molecule has 3 fully saturated rings. The Morgan fingerprint density at radius 1 is 0.814 bits per heavy atom. The molecule has 2 atom stereocenters. The van der Waals surface area contributed by atoms with Crippen molar-refractivity contribution in [3.05, 3.63) is 96.2 Å². The smallest absolute Gasteiger partial charge is 0.409 e. The fourth-order valence-corrected chi connectivity index (χ4v) is 12.3. The average Bonchev–Trinajstić information content (AvgIpc) is 3.77. The molecule has 2 aliphatic heterocycles. The van der Waals surface area contributed by atoms with Gasteiger partial charge in [0.1, 0.15) is 16.5 Å². The van der Waals surface area contributed by atoms with Gasteiger partial charge in [0.2, 0.25) is 11.8 Å². The molecule has 0 unspecified atom stereocenters. The van der Waals surface area contributed by atoms with Crippen LogP contribution in [0, 0.1) is 10.8 Å². The summed E-state index contributed by atoms with van der Waals surface area (Å²) in [7, 11) is -0.0876. The summed E-state index contributed by atoms with van der Waals surface area (Å²) in [6, 6.07) is 23.8. The summed E-state index contributed by atoms with van der Waals surface area (Å²) in [5.41, 5.74) is 1.41. The van der Waals surface area contributed by atoms with Crippen molar-refractivity contribution in [1.29, 1.82) is 0 Å². The monoisotopic (exact) mass is 892 g/mol. The molecule has 17 heteroatoms. The summed E-state index contributed by atoms with van der Waals surface area (Å²) in [6.07, 6.45) is 2.32. The molecule has 3 saturated carbocycles. The van der Waals surface area contributed by atoms with E-state index in [0.717, 1.165) is 26.9 Å². The van der Waals surface area contributed by atoms with Crippen LogP contribution in [0.15, 0.2) is 90.1 Å². The Bertz CT molecular complexity index is 2560. The quantitative estimate of drug-likeness (QED) is 0.0535. The van der Waals surface area contributed by atoms with E-state index < -0.39 is 24.7 Å². The molecule has 2 N–H and O–H groups in total.